The zero-order valence-corrected chi connectivity index (χ0v) is 12.2. The van der Waals surface area contributed by atoms with E-state index in [1.165, 1.54) is 0 Å². The van der Waals surface area contributed by atoms with E-state index in [-0.39, 0.29) is 6.61 Å². The maximum absolute atomic E-state index is 10.1. The molecule has 1 aromatic heterocycles. The number of hydrogen-bond donors (Lipinski definition) is 2. The molecule has 0 bridgehead atoms. The summed E-state index contributed by atoms with van der Waals surface area (Å²) in [7, 11) is 3.47. The second-order valence-electron chi connectivity index (χ2n) is 4.62. The maximum atomic E-state index is 10.1. The quantitative estimate of drug-likeness (QED) is 0.815. The standard InChI is InChI=1S/C16H20N2O3/c1-17-9-13-6-7-15(10-18-13)21-11-16(19)12-4-3-5-14(8-12)20-2/h3-8,10,16-17,19H,9,11H2,1-2H3. The van der Waals surface area contributed by atoms with Crippen LogP contribution in [0.4, 0.5) is 0 Å². The van der Waals surface area contributed by atoms with Crippen molar-refractivity contribution in [2.24, 2.45) is 0 Å². The lowest BCUT2D eigenvalue weighted by atomic mass is 10.1. The summed E-state index contributed by atoms with van der Waals surface area (Å²) in [5, 5.41) is 13.2. The number of rotatable bonds is 7. The van der Waals surface area contributed by atoms with Crippen LogP contribution in [0.3, 0.4) is 0 Å². The van der Waals surface area contributed by atoms with E-state index in [1.807, 2.05) is 37.4 Å². The molecule has 0 aliphatic rings. The number of aliphatic hydroxyl groups excluding tert-OH is 1. The summed E-state index contributed by atoms with van der Waals surface area (Å²) in [6, 6.07) is 11.0. The Morgan fingerprint density at radius 2 is 2.10 bits per heavy atom. The summed E-state index contributed by atoms with van der Waals surface area (Å²) in [6.07, 6.45) is 0.947. The van der Waals surface area contributed by atoms with Gasteiger partial charge in [0, 0.05) is 6.54 Å². The SMILES string of the molecule is CNCc1ccc(OCC(O)c2cccc(OC)c2)cn1. The average molecular weight is 288 g/mol. The minimum absolute atomic E-state index is 0.167. The number of benzene rings is 1. The zero-order chi connectivity index (χ0) is 15.1. The highest BCUT2D eigenvalue weighted by Gasteiger charge is 2.09. The van der Waals surface area contributed by atoms with Crippen LogP contribution in [0.1, 0.15) is 17.4 Å². The summed E-state index contributed by atoms with van der Waals surface area (Å²) in [5.41, 5.74) is 1.70. The predicted molar refractivity (Wildman–Crippen MR) is 80.4 cm³/mol. The van der Waals surface area contributed by atoms with Crippen LogP contribution < -0.4 is 14.8 Å². The molecule has 5 nitrogen and oxygen atoms in total. The number of pyridine rings is 1. The highest BCUT2D eigenvalue weighted by Crippen LogP contribution is 2.20. The van der Waals surface area contributed by atoms with Gasteiger partial charge in [-0.2, -0.15) is 0 Å². The van der Waals surface area contributed by atoms with Crippen LogP contribution in [0.5, 0.6) is 11.5 Å². The van der Waals surface area contributed by atoms with E-state index in [9.17, 15) is 5.11 Å². The van der Waals surface area contributed by atoms with E-state index in [0.717, 1.165) is 11.3 Å². The first-order chi connectivity index (χ1) is 10.2. The van der Waals surface area contributed by atoms with Gasteiger partial charge < -0.3 is 19.9 Å². The molecule has 0 radical (unpaired) electrons. The maximum Gasteiger partial charge on any atom is 0.137 e. The van der Waals surface area contributed by atoms with Crippen molar-refractivity contribution in [2.75, 3.05) is 20.8 Å². The Balaban J connectivity index is 1.92. The number of nitrogens with one attached hydrogen (secondary N) is 1. The molecule has 2 N–H and O–H groups in total. The Kier molecular flexibility index (Phi) is 5.54. The second kappa shape index (κ2) is 7.61. The van der Waals surface area contributed by atoms with Crippen molar-refractivity contribution in [1.29, 1.82) is 0 Å². The Hall–Kier alpha value is -2.11. The lowest BCUT2D eigenvalue weighted by Gasteiger charge is -2.13. The highest BCUT2D eigenvalue weighted by molar-refractivity contribution is 5.30. The fourth-order valence-electron chi connectivity index (χ4n) is 1.90. The third-order valence-electron chi connectivity index (χ3n) is 3.04. The van der Waals surface area contributed by atoms with E-state index in [4.69, 9.17) is 9.47 Å². The average Bonchev–Trinajstić information content (AvgIpc) is 2.54. The second-order valence-corrected chi connectivity index (χ2v) is 4.62. The van der Waals surface area contributed by atoms with Crippen LogP contribution in [0.15, 0.2) is 42.6 Å². The van der Waals surface area contributed by atoms with Crippen LogP contribution in [-0.4, -0.2) is 30.9 Å². The number of ether oxygens (including phenoxy) is 2. The molecule has 112 valence electrons. The van der Waals surface area contributed by atoms with Crippen LogP contribution in [0, 0.1) is 0 Å². The first-order valence-corrected chi connectivity index (χ1v) is 6.77. The predicted octanol–water partition coefficient (Wildman–Crippen LogP) is 1.92. The summed E-state index contributed by atoms with van der Waals surface area (Å²) in [4.78, 5) is 4.26. The van der Waals surface area contributed by atoms with Crippen molar-refractivity contribution >= 4 is 0 Å². The molecule has 0 aliphatic carbocycles. The van der Waals surface area contributed by atoms with Crippen LogP contribution in [0.2, 0.25) is 0 Å². The van der Waals surface area contributed by atoms with Gasteiger partial charge in [0.05, 0.1) is 19.0 Å². The lowest BCUT2D eigenvalue weighted by molar-refractivity contribution is 0.108. The summed E-state index contributed by atoms with van der Waals surface area (Å²) >= 11 is 0. The molecule has 5 heteroatoms. The van der Waals surface area contributed by atoms with Crippen molar-refractivity contribution in [2.45, 2.75) is 12.6 Å². The van der Waals surface area contributed by atoms with Gasteiger partial charge in [0.2, 0.25) is 0 Å². The molecule has 0 amide bonds. The first kappa shape index (κ1) is 15.3. The Morgan fingerprint density at radius 3 is 2.76 bits per heavy atom. The van der Waals surface area contributed by atoms with Crippen LogP contribution in [-0.2, 0) is 6.54 Å². The molecule has 0 saturated carbocycles. The minimum Gasteiger partial charge on any atom is -0.497 e. The molecule has 1 heterocycles. The summed E-state index contributed by atoms with van der Waals surface area (Å²) in [6.45, 7) is 0.882. The topological polar surface area (TPSA) is 63.6 Å². The molecule has 0 aliphatic heterocycles. The van der Waals surface area contributed by atoms with Gasteiger partial charge in [-0.1, -0.05) is 12.1 Å². The van der Waals surface area contributed by atoms with Gasteiger partial charge in [0.25, 0.3) is 0 Å². The third-order valence-corrected chi connectivity index (χ3v) is 3.04. The summed E-state index contributed by atoms with van der Waals surface area (Å²) < 4.78 is 10.7. The number of nitrogens with zero attached hydrogens (tertiary/aromatic N) is 1. The Bertz CT molecular complexity index is 558. The molecule has 0 spiro atoms. The molecule has 2 aromatic rings. The van der Waals surface area contributed by atoms with Crippen LogP contribution in [0.25, 0.3) is 0 Å². The van der Waals surface area contributed by atoms with Gasteiger partial charge in [0.1, 0.15) is 24.2 Å². The van der Waals surface area contributed by atoms with E-state index >= 15 is 0 Å². The monoisotopic (exact) mass is 288 g/mol. The summed E-state index contributed by atoms with van der Waals surface area (Å²) in [5.74, 6) is 1.35. The normalized spacial score (nSPS) is 12.0. The molecule has 21 heavy (non-hydrogen) atoms. The first-order valence-electron chi connectivity index (χ1n) is 6.77. The molecule has 1 atom stereocenters. The molecule has 1 unspecified atom stereocenters. The molecular formula is C16H20N2O3. The van der Waals surface area contributed by atoms with Crippen molar-refractivity contribution in [1.82, 2.24) is 10.3 Å². The van der Waals surface area contributed by atoms with E-state index < -0.39 is 6.10 Å². The fraction of sp³-hybridized carbons (Fsp3) is 0.312. The third kappa shape index (κ3) is 4.44. The van der Waals surface area contributed by atoms with Gasteiger partial charge >= 0.3 is 0 Å². The van der Waals surface area contributed by atoms with Gasteiger partial charge in [-0.05, 0) is 36.9 Å². The highest BCUT2D eigenvalue weighted by atomic mass is 16.5. The van der Waals surface area contributed by atoms with Crippen molar-refractivity contribution in [3.8, 4) is 11.5 Å². The van der Waals surface area contributed by atoms with Crippen molar-refractivity contribution in [3.05, 3.63) is 53.9 Å². The van der Waals surface area contributed by atoms with Crippen LogP contribution >= 0.6 is 0 Å². The largest absolute Gasteiger partial charge is 0.497 e. The Morgan fingerprint density at radius 1 is 1.24 bits per heavy atom. The molecule has 2 rings (SSSR count). The number of aliphatic hydroxyl groups is 1. The van der Waals surface area contributed by atoms with Gasteiger partial charge in [-0.15, -0.1) is 0 Å². The van der Waals surface area contributed by atoms with E-state index in [1.54, 1.807) is 19.4 Å². The fourth-order valence-corrected chi connectivity index (χ4v) is 1.90. The van der Waals surface area contributed by atoms with Crippen molar-refractivity contribution in [3.63, 3.8) is 0 Å². The molecular weight excluding hydrogens is 268 g/mol. The zero-order valence-electron chi connectivity index (χ0n) is 12.2. The molecule has 0 fully saturated rings. The molecule has 1 aromatic carbocycles. The minimum atomic E-state index is -0.711. The van der Waals surface area contributed by atoms with E-state index in [0.29, 0.717) is 18.0 Å². The Labute approximate surface area is 124 Å². The smallest absolute Gasteiger partial charge is 0.137 e. The molecule has 0 saturated heterocycles. The lowest BCUT2D eigenvalue weighted by Crippen LogP contribution is -2.10. The van der Waals surface area contributed by atoms with E-state index in [2.05, 4.69) is 10.3 Å². The van der Waals surface area contributed by atoms with Crippen molar-refractivity contribution < 1.29 is 14.6 Å². The van der Waals surface area contributed by atoms with Gasteiger partial charge in [-0.25, -0.2) is 0 Å². The number of aromatic nitrogens is 1. The van der Waals surface area contributed by atoms with Gasteiger partial charge in [-0.3, -0.25) is 4.98 Å². The number of methoxy groups -OCH3 is 1. The van der Waals surface area contributed by atoms with Gasteiger partial charge in [0.15, 0.2) is 0 Å². The number of hydrogen-bond acceptors (Lipinski definition) is 5.